The van der Waals surface area contributed by atoms with Crippen LogP contribution >= 0.6 is 31.9 Å². The highest BCUT2D eigenvalue weighted by Crippen LogP contribution is 2.34. The van der Waals surface area contributed by atoms with Gasteiger partial charge in [0.15, 0.2) is 0 Å². The average molecular weight is 380 g/mol. The van der Waals surface area contributed by atoms with Crippen molar-refractivity contribution < 1.29 is 9.53 Å². The van der Waals surface area contributed by atoms with Crippen molar-refractivity contribution >= 4 is 43.5 Å². The second-order valence-electron chi connectivity index (χ2n) is 3.69. The van der Waals surface area contributed by atoms with E-state index in [1.54, 1.807) is 13.2 Å². The van der Waals surface area contributed by atoms with E-state index in [0.717, 1.165) is 21.9 Å². The van der Waals surface area contributed by atoms with Crippen molar-refractivity contribution in [3.05, 3.63) is 21.1 Å². The molecule has 0 aliphatic carbocycles. The first-order valence-electron chi connectivity index (χ1n) is 5.62. The van der Waals surface area contributed by atoms with E-state index < -0.39 is 0 Å². The first-order valence-corrected chi connectivity index (χ1v) is 7.20. The molecule has 0 bridgehead atoms. The molecule has 0 aliphatic rings. The quantitative estimate of drug-likeness (QED) is 0.746. The second-order valence-corrected chi connectivity index (χ2v) is 5.40. The van der Waals surface area contributed by atoms with Crippen molar-refractivity contribution in [2.24, 2.45) is 0 Å². The Morgan fingerprint density at radius 1 is 1.33 bits per heavy atom. The lowest BCUT2D eigenvalue weighted by Crippen LogP contribution is -2.28. The van der Waals surface area contributed by atoms with E-state index in [4.69, 9.17) is 4.74 Å². The molecule has 0 radical (unpaired) electrons. The Labute approximate surface area is 124 Å². The van der Waals surface area contributed by atoms with Gasteiger partial charge in [-0.25, -0.2) is 0 Å². The molecule has 0 atom stereocenters. The van der Waals surface area contributed by atoms with E-state index in [1.807, 2.05) is 6.07 Å². The average Bonchev–Trinajstić information content (AvgIpc) is 2.33. The molecule has 18 heavy (non-hydrogen) atoms. The fourth-order valence-corrected chi connectivity index (χ4v) is 2.61. The minimum Gasteiger partial charge on any atom is -0.495 e. The zero-order chi connectivity index (χ0) is 13.5. The fraction of sp³-hybridized carbons (Fsp3) is 0.417. The van der Waals surface area contributed by atoms with E-state index in [0.29, 0.717) is 18.0 Å². The van der Waals surface area contributed by atoms with Gasteiger partial charge in [0.05, 0.1) is 23.8 Å². The molecular formula is C12H16Br2N2O2. The Morgan fingerprint density at radius 3 is 2.67 bits per heavy atom. The lowest BCUT2D eigenvalue weighted by Gasteiger charge is -2.11. The number of carbonyl (C=O) groups excluding carboxylic acids is 1. The Balaban J connectivity index is 2.69. The molecule has 100 valence electrons. The number of halogens is 2. The van der Waals surface area contributed by atoms with Crippen molar-refractivity contribution in [1.29, 1.82) is 0 Å². The molecule has 1 aromatic rings. The summed E-state index contributed by atoms with van der Waals surface area (Å²) >= 11 is 6.78. The van der Waals surface area contributed by atoms with Gasteiger partial charge in [-0.05, 0) is 50.9 Å². The van der Waals surface area contributed by atoms with Crippen LogP contribution in [0, 0.1) is 0 Å². The van der Waals surface area contributed by atoms with Crippen molar-refractivity contribution in [2.75, 3.05) is 25.5 Å². The van der Waals surface area contributed by atoms with Gasteiger partial charge in [-0.1, -0.05) is 6.92 Å². The van der Waals surface area contributed by atoms with E-state index in [1.165, 1.54) is 0 Å². The van der Waals surface area contributed by atoms with Crippen molar-refractivity contribution in [1.82, 2.24) is 5.32 Å². The lowest BCUT2D eigenvalue weighted by atomic mass is 10.3. The van der Waals surface area contributed by atoms with Crippen molar-refractivity contribution in [3.8, 4) is 5.75 Å². The van der Waals surface area contributed by atoms with Gasteiger partial charge in [0.1, 0.15) is 5.75 Å². The molecule has 0 saturated carbocycles. The van der Waals surface area contributed by atoms with E-state index in [9.17, 15) is 4.79 Å². The minimum atomic E-state index is -0.0754. The molecule has 2 N–H and O–H groups in total. The first kappa shape index (κ1) is 15.5. The number of methoxy groups -OCH3 is 1. The number of hydrogen-bond donors (Lipinski definition) is 2. The van der Waals surface area contributed by atoms with E-state index in [2.05, 4.69) is 49.4 Å². The van der Waals surface area contributed by atoms with E-state index >= 15 is 0 Å². The molecule has 1 amide bonds. The van der Waals surface area contributed by atoms with Crippen LogP contribution in [0.5, 0.6) is 5.75 Å². The molecule has 0 aliphatic heterocycles. The third kappa shape index (κ3) is 4.59. The van der Waals surface area contributed by atoms with E-state index in [-0.39, 0.29) is 5.91 Å². The molecule has 0 unspecified atom stereocenters. The fourth-order valence-electron chi connectivity index (χ4n) is 1.35. The van der Waals surface area contributed by atoms with Gasteiger partial charge in [0, 0.05) is 10.5 Å². The van der Waals surface area contributed by atoms with Crippen molar-refractivity contribution in [3.63, 3.8) is 0 Å². The van der Waals surface area contributed by atoms with Crippen LogP contribution in [0.1, 0.15) is 13.3 Å². The van der Waals surface area contributed by atoms with Crippen LogP contribution in [-0.2, 0) is 4.79 Å². The highest BCUT2D eigenvalue weighted by molar-refractivity contribution is 9.11. The monoisotopic (exact) mass is 378 g/mol. The number of anilines is 1. The van der Waals surface area contributed by atoms with Gasteiger partial charge in [0.25, 0.3) is 0 Å². The normalized spacial score (nSPS) is 10.2. The van der Waals surface area contributed by atoms with Crippen LogP contribution in [-0.4, -0.2) is 26.1 Å². The second kappa shape index (κ2) is 7.76. The Bertz CT molecular complexity index is 425. The Kier molecular flexibility index (Phi) is 6.67. The number of amides is 1. The van der Waals surface area contributed by atoms with Gasteiger partial charge < -0.3 is 15.4 Å². The molecule has 0 heterocycles. The molecule has 0 spiro atoms. The summed E-state index contributed by atoms with van der Waals surface area (Å²) in [5.41, 5.74) is 0.693. The van der Waals surface area contributed by atoms with Crippen LogP contribution in [0.15, 0.2) is 21.1 Å². The van der Waals surface area contributed by atoms with Gasteiger partial charge in [0.2, 0.25) is 5.91 Å². The van der Waals surface area contributed by atoms with Crippen LogP contribution in [0.25, 0.3) is 0 Å². The summed E-state index contributed by atoms with van der Waals surface area (Å²) in [5.74, 6) is 0.601. The number of hydrogen-bond acceptors (Lipinski definition) is 3. The maximum atomic E-state index is 11.7. The first-order chi connectivity index (χ1) is 8.58. The minimum absolute atomic E-state index is 0.0754. The van der Waals surface area contributed by atoms with Crippen molar-refractivity contribution in [2.45, 2.75) is 13.3 Å². The van der Waals surface area contributed by atoms with Crippen LogP contribution in [0.3, 0.4) is 0 Å². The highest BCUT2D eigenvalue weighted by Gasteiger charge is 2.09. The predicted molar refractivity (Wildman–Crippen MR) is 80.2 cm³/mol. The standard InChI is InChI=1S/C12H16Br2N2O2/c1-3-4-15-7-12(17)16-10-6-11(18-2)9(14)5-8(10)13/h5-6,15H,3-4,7H2,1-2H3,(H,16,17). The topological polar surface area (TPSA) is 50.4 Å². The zero-order valence-corrected chi connectivity index (χ0v) is 13.5. The van der Waals surface area contributed by atoms with Gasteiger partial charge >= 0.3 is 0 Å². The number of carbonyl (C=O) groups is 1. The molecule has 4 nitrogen and oxygen atoms in total. The highest BCUT2D eigenvalue weighted by atomic mass is 79.9. The summed E-state index contributed by atoms with van der Waals surface area (Å²) in [7, 11) is 1.59. The molecule has 1 aromatic carbocycles. The van der Waals surface area contributed by atoms with Gasteiger partial charge in [-0.15, -0.1) is 0 Å². The summed E-state index contributed by atoms with van der Waals surface area (Å²) in [4.78, 5) is 11.7. The summed E-state index contributed by atoms with van der Waals surface area (Å²) in [6.45, 7) is 3.19. The summed E-state index contributed by atoms with van der Waals surface area (Å²) in [5, 5.41) is 5.87. The lowest BCUT2D eigenvalue weighted by molar-refractivity contribution is -0.115. The summed E-state index contributed by atoms with van der Waals surface area (Å²) in [6.07, 6.45) is 1.00. The molecule has 0 fully saturated rings. The van der Waals surface area contributed by atoms with Gasteiger partial charge in [-0.2, -0.15) is 0 Å². The van der Waals surface area contributed by atoms with Crippen LogP contribution in [0.2, 0.25) is 0 Å². The molecule has 0 aromatic heterocycles. The molecule has 0 saturated heterocycles. The number of rotatable bonds is 6. The van der Waals surface area contributed by atoms with Crippen LogP contribution < -0.4 is 15.4 Å². The van der Waals surface area contributed by atoms with Crippen LogP contribution in [0.4, 0.5) is 5.69 Å². The summed E-state index contributed by atoms with van der Waals surface area (Å²) < 4.78 is 6.82. The zero-order valence-electron chi connectivity index (χ0n) is 10.3. The number of benzene rings is 1. The molecule has 1 rings (SSSR count). The number of nitrogens with one attached hydrogen (secondary N) is 2. The smallest absolute Gasteiger partial charge is 0.238 e. The summed E-state index contributed by atoms with van der Waals surface area (Å²) in [6, 6.07) is 3.61. The third-order valence-electron chi connectivity index (χ3n) is 2.23. The SMILES string of the molecule is CCCNCC(=O)Nc1cc(OC)c(Br)cc1Br. The molecule has 6 heteroatoms. The third-order valence-corrected chi connectivity index (χ3v) is 3.50. The maximum Gasteiger partial charge on any atom is 0.238 e. The Hall–Kier alpha value is -0.590. The molecular weight excluding hydrogens is 364 g/mol. The maximum absolute atomic E-state index is 11.7. The number of ether oxygens (including phenoxy) is 1. The largest absolute Gasteiger partial charge is 0.495 e. The Morgan fingerprint density at radius 2 is 2.06 bits per heavy atom. The van der Waals surface area contributed by atoms with Gasteiger partial charge in [-0.3, -0.25) is 4.79 Å². The predicted octanol–water partition coefficient (Wildman–Crippen LogP) is 3.16.